The zero-order valence-electron chi connectivity index (χ0n) is 19.0. The lowest BCUT2D eigenvalue weighted by Crippen LogP contribution is -2.51. The van der Waals surface area contributed by atoms with Gasteiger partial charge >= 0.3 is 0 Å². The summed E-state index contributed by atoms with van der Waals surface area (Å²) < 4.78 is 1.11. The fourth-order valence-electron chi connectivity index (χ4n) is 4.97. The van der Waals surface area contributed by atoms with Gasteiger partial charge < -0.3 is 14.7 Å². The van der Waals surface area contributed by atoms with Crippen molar-refractivity contribution in [3.8, 4) is 0 Å². The highest BCUT2D eigenvalue weighted by Gasteiger charge is 2.38. The number of carbonyl (C=O) groups is 2. The minimum absolute atomic E-state index is 0.00338. The smallest absolute Gasteiger partial charge is 0.228 e. The lowest BCUT2D eigenvalue weighted by Gasteiger charge is -2.36. The van der Waals surface area contributed by atoms with Crippen molar-refractivity contribution < 1.29 is 9.59 Å². The first-order valence-corrected chi connectivity index (χ1v) is 12.4. The summed E-state index contributed by atoms with van der Waals surface area (Å²) in [5, 5.41) is 2.13. The van der Waals surface area contributed by atoms with Crippen LogP contribution in [0.1, 0.15) is 11.4 Å². The Hall–Kier alpha value is -3.52. The quantitative estimate of drug-likeness (QED) is 0.454. The number of anilines is 2. The van der Waals surface area contributed by atoms with Crippen LogP contribution in [0.25, 0.3) is 21.1 Å². The molecule has 172 valence electrons. The fraction of sp³-hybridized carbons (Fsp3) is 0.308. The van der Waals surface area contributed by atoms with Crippen LogP contribution in [0.5, 0.6) is 0 Å². The van der Waals surface area contributed by atoms with Crippen molar-refractivity contribution in [2.45, 2.75) is 13.3 Å². The Morgan fingerprint density at radius 1 is 0.971 bits per heavy atom. The van der Waals surface area contributed by atoms with Gasteiger partial charge in [0.1, 0.15) is 5.82 Å². The molecule has 2 saturated heterocycles. The zero-order valence-corrected chi connectivity index (χ0v) is 19.8. The number of pyridine rings is 1. The molecular weight excluding hydrogens is 446 g/mol. The van der Waals surface area contributed by atoms with E-state index in [0.717, 1.165) is 50.7 Å². The molecule has 0 N–H and O–H groups in total. The van der Waals surface area contributed by atoms with E-state index in [9.17, 15) is 9.59 Å². The average molecular weight is 472 g/mol. The Morgan fingerprint density at radius 3 is 2.65 bits per heavy atom. The molecule has 1 unspecified atom stereocenters. The van der Waals surface area contributed by atoms with Gasteiger partial charge in [0.25, 0.3) is 0 Å². The lowest BCUT2D eigenvalue weighted by molar-refractivity contribution is -0.136. The Bertz CT molecular complexity index is 1410. The van der Waals surface area contributed by atoms with E-state index >= 15 is 0 Å². The van der Waals surface area contributed by atoms with Gasteiger partial charge in [-0.25, -0.2) is 9.97 Å². The van der Waals surface area contributed by atoms with Gasteiger partial charge in [-0.15, -0.1) is 11.3 Å². The van der Waals surface area contributed by atoms with Crippen molar-refractivity contribution in [1.82, 2.24) is 14.9 Å². The first-order valence-electron chi connectivity index (χ1n) is 11.6. The molecule has 2 amide bonds. The van der Waals surface area contributed by atoms with Crippen LogP contribution < -0.4 is 9.80 Å². The second-order valence-corrected chi connectivity index (χ2v) is 10.2. The molecule has 2 aliphatic rings. The summed E-state index contributed by atoms with van der Waals surface area (Å²) in [4.78, 5) is 41.2. The predicted octanol–water partition coefficient (Wildman–Crippen LogP) is 3.85. The van der Waals surface area contributed by atoms with E-state index in [1.54, 1.807) is 16.2 Å². The number of carbonyl (C=O) groups excluding carboxylic acids is 2. The molecule has 0 spiro atoms. The van der Waals surface area contributed by atoms with E-state index in [2.05, 4.69) is 22.0 Å². The normalized spacial score (nSPS) is 18.9. The summed E-state index contributed by atoms with van der Waals surface area (Å²) in [6, 6.07) is 18.2. The Labute approximate surface area is 201 Å². The molecule has 0 bridgehead atoms. The number of hydrogen-bond acceptors (Lipinski definition) is 6. The van der Waals surface area contributed by atoms with Crippen LogP contribution in [-0.2, 0) is 9.59 Å². The third kappa shape index (κ3) is 3.77. The van der Waals surface area contributed by atoms with Crippen LogP contribution in [0.4, 0.5) is 11.5 Å². The largest absolute Gasteiger partial charge is 0.353 e. The molecule has 2 aromatic carbocycles. The minimum atomic E-state index is -0.300. The molecule has 8 heteroatoms. The van der Waals surface area contributed by atoms with Crippen LogP contribution in [0.15, 0.2) is 54.6 Å². The van der Waals surface area contributed by atoms with Gasteiger partial charge in [-0.1, -0.05) is 18.2 Å². The van der Waals surface area contributed by atoms with Gasteiger partial charge in [0.15, 0.2) is 0 Å². The van der Waals surface area contributed by atoms with Crippen LogP contribution in [0, 0.1) is 12.8 Å². The van der Waals surface area contributed by atoms with Gasteiger partial charge in [0.05, 0.1) is 26.7 Å². The maximum absolute atomic E-state index is 13.3. The topological polar surface area (TPSA) is 69.6 Å². The van der Waals surface area contributed by atoms with Crippen molar-refractivity contribution >= 4 is 55.8 Å². The number of nitrogens with zero attached hydrogens (tertiary/aromatic N) is 5. The summed E-state index contributed by atoms with van der Waals surface area (Å²) >= 11 is 1.64. The van der Waals surface area contributed by atoms with E-state index < -0.39 is 0 Å². The number of piperazine rings is 1. The number of benzene rings is 2. The monoisotopic (exact) mass is 471 g/mol. The summed E-state index contributed by atoms with van der Waals surface area (Å²) in [6.45, 7) is 5.17. The molecule has 6 rings (SSSR count). The number of para-hydroxylation sites is 1. The second kappa shape index (κ2) is 8.36. The number of hydrogen-bond donors (Lipinski definition) is 0. The SMILES string of the molecule is Cc1nc2cc(N3CC(C(=O)N4CCN(c5ccc6ccccc6n5)CC4)CC3=O)ccc2s1. The fourth-order valence-corrected chi connectivity index (χ4v) is 5.77. The molecule has 34 heavy (non-hydrogen) atoms. The first-order chi connectivity index (χ1) is 16.5. The van der Waals surface area contributed by atoms with E-state index in [4.69, 9.17) is 4.98 Å². The third-order valence-corrected chi connectivity index (χ3v) is 7.71. The predicted molar refractivity (Wildman–Crippen MR) is 135 cm³/mol. The van der Waals surface area contributed by atoms with Gasteiger partial charge in [-0.05, 0) is 43.3 Å². The number of amides is 2. The molecule has 0 aliphatic carbocycles. The summed E-state index contributed by atoms with van der Waals surface area (Å²) in [5.41, 5.74) is 2.71. The summed E-state index contributed by atoms with van der Waals surface area (Å²) in [5.74, 6) is 0.725. The van der Waals surface area contributed by atoms with Crippen LogP contribution in [-0.4, -0.2) is 59.4 Å². The number of fused-ring (bicyclic) bond motifs is 2. The van der Waals surface area contributed by atoms with E-state index in [0.29, 0.717) is 19.6 Å². The molecule has 2 fully saturated rings. The van der Waals surface area contributed by atoms with E-state index in [-0.39, 0.29) is 24.2 Å². The lowest BCUT2D eigenvalue weighted by atomic mass is 10.1. The molecule has 7 nitrogen and oxygen atoms in total. The molecule has 4 aromatic rings. The molecule has 4 heterocycles. The van der Waals surface area contributed by atoms with Crippen LogP contribution in [0.2, 0.25) is 0 Å². The van der Waals surface area contributed by atoms with Gasteiger partial charge in [-0.3, -0.25) is 9.59 Å². The maximum atomic E-state index is 13.3. The molecular formula is C26H25N5O2S. The van der Waals surface area contributed by atoms with Gasteiger partial charge in [-0.2, -0.15) is 0 Å². The van der Waals surface area contributed by atoms with Crippen molar-refractivity contribution in [2.24, 2.45) is 5.92 Å². The number of aryl methyl sites for hydroxylation is 1. The molecule has 2 aliphatic heterocycles. The highest BCUT2D eigenvalue weighted by Crippen LogP contribution is 2.31. The van der Waals surface area contributed by atoms with Gasteiger partial charge in [0, 0.05) is 50.2 Å². The standard InChI is InChI=1S/C26H25N5O2S/c1-17-27-22-15-20(7-8-23(22)34-17)31-16-19(14-25(31)32)26(33)30-12-10-29(11-13-30)24-9-6-18-4-2-3-5-21(18)28-24/h2-9,15,19H,10-14,16H2,1H3. The highest BCUT2D eigenvalue weighted by atomic mass is 32.1. The van der Waals surface area contributed by atoms with Gasteiger partial charge in [0.2, 0.25) is 11.8 Å². The number of rotatable bonds is 3. The number of thiazole rings is 1. The summed E-state index contributed by atoms with van der Waals surface area (Å²) in [6.07, 6.45) is 0.263. The van der Waals surface area contributed by atoms with Crippen LogP contribution >= 0.6 is 11.3 Å². The minimum Gasteiger partial charge on any atom is -0.353 e. The molecule has 1 atom stereocenters. The highest BCUT2D eigenvalue weighted by molar-refractivity contribution is 7.18. The van der Waals surface area contributed by atoms with Crippen molar-refractivity contribution in [1.29, 1.82) is 0 Å². The van der Waals surface area contributed by atoms with E-state index in [1.165, 1.54) is 0 Å². The first kappa shape index (κ1) is 21.0. The molecule has 0 radical (unpaired) electrons. The number of aromatic nitrogens is 2. The third-order valence-electron chi connectivity index (χ3n) is 6.76. The molecule has 2 aromatic heterocycles. The van der Waals surface area contributed by atoms with Crippen molar-refractivity contribution in [2.75, 3.05) is 42.5 Å². The van der Waals surface area contributed by atoms with E-state index in [1.807, 2.05) is 54.3 Å². The maximum Gasteiger partial charge on any atom is 0.228 e. The Morgan fingerprint density at radius 2 is 1.79 bits per heavy atom. The van der Waals surface area contributed by atoms with Crippen LogP contribution in [0.3, 0.4) is 0 Å². The van der Waals surface area contributed by atoms with Crippen molar-refractivity contribution in [3.05, 3.63) is 59.6 Å². The second-order valence-electron chi connectivity index (χ2n) is 8.96. The molecule has 0 saturated carbocycles. The Kier molecular flexibility index (Phi) is 5.17. The average Bonchev–Trinajstić information content (AvgIpc) is 3.44. The zero-order chi connectivity index (χ0) is 23.2. The van der Waals surface area contributed by atoms with Crippen molar-refractivity contribution in [3.63, 3.8) is 0 Å². The Balaban J connectivity index is 1.11. The summed E-state index contributed by atoms with van der Waals surface area (Å²) in [7, 11) is 0.